The van der Waals surface area contributed by atoms with Crippen LogP contribution in [0.4, 0.5) is 0 Å². The smallest absolute Gasteiger partial charge is 0.305 e. The topological polar surface area (TPSA) is 59.1 Å². The quantitative estimate of drug-likeness (QED) is 0.560. The van der Waals surface area contributed by atoms with Crippen molar-refractivity contribution in [2.45, 2.75) is 56.8 Å². The van der Waals surface area contributed by atoms with Gasteiger partial charge in [-0.05, 0) is 32.6 Å². The number of hydrogen-bond donors (Lipinski definition) is 1. The third kappa shape index (κ3) is 2.16. The molecule has 2 aliphatic rings. The highest BCUT2D eigenvalue weighted by molar-refractivity contribution is 5.69. The predicted molar refractivity (Wildman–Crippen MR) is 53.3 cm³/mol. The summed E-state index contributed by atoms with van der Waals surface area (Å²) in [6.45, 7) is 2.23. The van der Waals surface area contributed by atoms with Gasteiger partial charge in [0.15, 0.2) is 0 Å². The van der Waals surface area contributed by atoms with Gasteiger partial charge in [0.25, 0.3) is 0 Å². The van der Waals surface area contributed by atoms with Crippen LogP contribution >= 0.6 is 0 Å². The Morgan fingerprint density at radius 2 is 2.47 bits per heavy atom. The Balaban J connectivity index is 1.78. The minimum absolute atomic E-state index is 0.0272. The standard InChI is InChI=1S/C11H18O4/c1-2-14-9(13)5-7-11-6-3-4-8(12)10(11)15-11/h8,10,12H,2-7H2,1H3/t8-,10-,11-/m1/s1. The molecule has 2 rings (SSSR count). The monoisotopic (exact) mass is 214 g/mol. The van der Waals surface area contributed by atoms with Crippen molar-refractivity contribution in [2.24, 2.45) is 0 Å². The molecule has 2 fully saturated rings. The molecule has 1 heterocycles. The van der Waals surface area contributed by atoms with Gasteiger partial charge < -0.3 is 14.6 Å². The van der Waals surface area contributed by atoms with E-state index in [0.717, 1.165) is 19.3 Å². The lowest BCUT2D eigenvalue weighted by Crippen LogP contribution is -2.30. The average Bonchev–Trinajstić information content (AvgIpc) is 2.93. The van der Waals surface area contributed by atoms with Crippen molar-refractivity contribution in [1.29, 1.82) is 0 Å². The molecule has 3 atom stereocenters. The van der Waals surface area contributed by atoms with Crippen molar-refractivity contribution in [3.05, 3.63) is 0 Å². The Labute approximate surface area is 89.6 Å². The molecule has 0 aromatic rings. The molecule has 0 unspecified atom stereocenters. The first-order valence-electron chi connectivity index (χ1n) is 5.69. The van der Waals surface area contributed by atoms with Crippen LogP contribution in [0.5, 0.6) is 0 Å². The van der Waals surface area contributed by atoms with Crippen LogP contribution in [-0.2, 0) is 14.3 Å². The molecular formula is C11H18O4. The number of epoxide rings is 1. The number of ether oxygens (including phenoxy) is 2. The molecule has 0 aromatic heterocycles. The van der Waals surface area contributed by atoms with Crippen molar-refractivity contribution >= 4 is 5.97 Å². The largest absolute Gasteiger partial charge is 0.466 e. The number of fused-ring (bicyclic) bond motifs is 1. The Morgan fingerprint density at radius 1 is 1.67 bits per heavy atom. The first-order valence-corrected chi connectivity index (χ1v) is 5.69. The predicted octanol–water partition coefficient (Wildman–Crippen LogP) is 1.01. The van der Waals surface area contributed by atoms with Crippen molar-refractivity contribution in [3.8, 4) is 0 Å². The molecule has 86 valence electrons. The molecular weight excluding hydrogens is 196 g/mol. The lowest BCUT2D eigenvalue weighted by Gasteiger charge is -2.20. The summed E-state index contributed by atoms with van der Waals surface area (Å²) in [7, 11) is 0. The molecule has 4 heteroatoms. The van der Waals surface area contributed by atoms with E-state index in [1.54, 1.807) is 6.92 Å². The van der Waals surface area contributed by atoms with Gasteiger partial charge in [-0.1, -0.05) is 0 Å². The first-order chi connectivity index (χ1) is 7.18. The molecule has 4 nitrogen and oxygen atoms in total. The summed E-state index contributed by atoms with van der Waals surface area (Å²) in [5, 5.41) is 9.61. The SMILES string of the molecule is CCOC(=O)CC[C@]12CCC[C@@H](O)[C@H]1O2. The highest BCUT2D eigenvalue weighted by atomic mass is 16.6. The lowest BCUT2D eigenvalue weighted by molar-refractivity contribution is -0.143. The first kappa shape index (κ1) is 10.9. The second-order valence-electron chi connectivity index (χ2n) is 4.37. The lowest BCUT2D eigenvalue weighted by atomic mass is 9.84. The maximum atomic E-state index is 11.2. The molecule has 0 bridgehead atoms. The van der Waals surface area contributed by atoms with Crippen LogP contribution in [0.1, 0.15) is 39.0 Å². The van der Waals surface area contributed by atoms with E-state index in [9.17, 15) is 9.90 Å². The molecule has 1 saturated heterocycles. The maximum absolute atomic E-state index is 11.2. The number of aliphatic hydroxyl groups is 1. The molecule has 1 aliphatic heterocycles. The van der Waals surface area contributed by atoms with E-state index >= 15 is 0 Å². The molecule has 0 amide bonds. The van der Waals surface area contributed by atoms with E-state index in [2.05, 4.69) is 0 Å². The van der Waals surface area contributed by atoms with Crippen molar-refractivity contribution in [1.82, 2.24) is 0 Å². The van der Waals surface area contributed by atoms with Gasteiger partial charge in [-0.3, -0.25) is 4.79 Å². The van der Waals surface area contributed by atoms with Gasteiger partial charge in [-0.15, -0.1) is 0 Å². The van der Waals surface area contributed by atoms with Gasteiger partial charge >= 0.3 is 5.97 Å². The summed E-state index contributed by atoms with van der Waals surface area (Å²) in [6.07, 6.45) is 3.51. The molecule has 1 saturated carbocycles. The Hall–Kier alpha value is -0.610. The van der Waals surface area contributed by atoms with Gasteiger partial charge in [0.05, 0.1) is 18.3 Å². The Morgan fingerprint density at radius 3 is 3.20 bits per heavy atom. The third-order valence-electron chi connectivity index (χ3n) is 3.33. The number of carbonyl (C=O) groups is 1. The second kappa shape index (κ2) is 4.10. The highest BCUT2D eigenvalue weighted by Crippen LogP contribution is 2.50. The molecule has 1 N–H and O–H groups in total. The molecule has 0 aromatic carbocycles. The normalized spacial score (nSPS) is 38.3. The fraction of sp³-hybridized carbons (Fsp3) is 0.909. The zero-order valence-corrected chi connectivity index (χ0v) is 9.07. The number of rotatable bonds is 4. The summed E-state index contributed by atoms with van der Waals surface area (Å²) in [5.74, 6) is -0.166. The van der Waals surface area contributed by atoms with E-state index in [1.165, 1.54) is 0 Å². The molecule has 15 heavy (non-hydrogen) atoms. The summed E-state index contributed by atoms with van der Waals surface area (Å²) in [4.78, 5) is 11.2. The van der Waals surface area contributed by atoms with E-state index in [-0.39, 0.29) is 23.8 Å². The minimum atomic E-state index is -0.332. The second-order valence-corrected chi connectivity index (χ2v) is 4.37. The van der Waals surface area contributed by atoms with Crippen molar-refractivity contribution in [2.75, 3.05) is 6.61 Å². The van der Waals surface area contributed by atoms with Gasteiger partial charge in [0.1, 0.15) is 6.10 Å². The van der Waals surface area contributed by atoms with Crippen LogP contribution in [0.3, 0.4) is 0 Å². The van der Waals surface area contributed by atoms with Crippen LogP contribution in [0.25, 0.3) is 0 Å². The maximum Gasteiger partial charge on any atom is 0.305 e. The van der Waals surface area contributed by atoms with E-state index in [1.807, 2.05) is 0 Å². The van der Waals surface area contributed by atoms with E-state index in [0.29, 0.717) is 19.4 Å². The summed E-state index contributed by atoms with van der Waals surface area (Å²) < 4.78 is 10.4. The molecule has 1 aliphatic carbocycles. The molecule has 0 radical (unpaired) electrons. The fourth-order valence-electron chi connectivity index (χ4n) is 2.48. The minimum Gasteiger partial charge on any atom is -0.466 e. The van der Waals surface area contributed by atoms with Gasteiger partial charge in [0.2, 0.25) is 0 Å². The Kier molecular flexibility index (Phi) is 2.98. The van der Waals surface area contributed by atoms with Gasteiger partial charge in [-0.2, -0.15) is 0 Å². The zero-order valence-electron chi connectivity index (χ0n) is 9.07. The number of aliphatic hydroxyl groups excluding tert-OH is 1. The van der Waals surface area contributed by atoms with Crippen LogP contribution in [0.15, 0.2) is 0 Å². The molecule has 0 spiro atoms. The van der Waals surface area contributed by atoms with Crippen LogP contribution in [0, 0.1) is 0 Å². The fourth-order valence-corrected chi connectivity index (χ4v) is 2.48. The van der Waals surface area contributed by atoms with E-state index in [4.69, 9.17) is 9.47 Å². The van der Waals surface area contributed by atoms with Crippen LogP contribution < -0.4 is 0 Å². The van der Waals surface area contributed by atoms with Crippen molar-refractivity contribution in [3.63, 3.8) is 0 Å². The van der Waals surface area contributed by atoms with Crippen LogP contribution in [-0.4, -0.2) is 35.5 Å². The third-order valence-corrected chi connectivity index (χ3v) is 3.33. The van der Waals surface area contributed by atoms with Gasteiger partial charge in [-0.25, -0.2) is 0 Å². The van der Waals surface area contributed by atoms with Crippen LogP contribution in [0.2, 0.25) is 0 Å². The summed E-state index contributed by atoms with van der Waals surface area (Å²) in [6, 6.07) is 0. The van der Waals surface area contributed by atoms with Crippen molar-refractivity contribution < 1.29 is 19.4 Å². The highest BCUT2D eigenvalue weighted by Gasteiger charge is 2.60. The summed E-state index contributed by atoms with van der Waals surface area (Å²) >= 11 is 0. The average molecular weight is 214 g/mol. The Bertz CT molecular complexity index is 253. The van der Waals surface area contributed by atoms with E-state index < -0.39 is 0 Å². The summed E-state index contributed by atoms with van der Waals surface area (Å²) in [5.41, 5.74) is -0.204. The number of carbonyl (C=O) groups excluding carboxylic acids is 1. The zero-order chi connectivity index (χ0) is 10.9. The van der Waals surface area contributed by atoms with Gasteiger partial charge in [0, 0.05) is 6.42 Å². The number of esters is 1. The number of hydrogen-bond acceptors (Lipinski definition) is 4.